The van der Waals surface area contributed by atoms with Crippen LogP contribution in [-0.4, -0.2) is 19.2 Å². The van der Waals surface area contributed by atoms with Crippen molar-refractivity contribution >= 4 is 21.9 Å². The van der Waals surface area contributed by atoms with Crippen LogP contribution in [0.25, 0.3) is 0 Å². The molecule has 0 spiro atoms. The summed E-state index contributed by atoms with van der Waals surface area (Å²) in [5.74, 6) is 0.459. The zero-order chi connectivity index (χ0) is 10.4. The molecule has 1 aromatic carbocycles. The maximum absolute atomic E-state index is 10.4. The molecule has 0 radical (unpaired) electrons. The van der Waals surface area contributed by atoms with Gasteiger partial charge in [0, 0.05) is 6.92 Å². The van der Waals surface area contributed by atoms with Crippen molar-refractivity contribution in [3.8, 4) is 5.75 Å². The monoisotopic (exact) mass is 258 g/mol. The Kier molecular flexibility index (Phi) is 4.46. The smallest absolute Gasteiger partial charge is 0.302 e. The fraction of sp³-hybridized carbons (Fsp3) is 0.300. The van der Waals surface area contributed by atoms with Crippen LogP contribution >= 0.6 is 15.9 Å². The standard InChI is InChI=1S/C10H11BrO3/c1-8(12)13-6-7-14-10-5-3-2-4-9(10)11/h2-5H,6-7H2,1H3. The van der Waals surface area contributed by atoms with E-state index < -0.39 is 0 Å². The SMILES string of the molecule is CC(=O)OCCOc1ccccc1Br. The summed E-state index contributed by atoms with van der Waals surface area (Å²) in [6.45, 7) is 2.01. The predicted octanol–water partition coefficient (Wildman–Crippen LogP) is 2.39. The Morgan fingerprint density at radius 3 is 2.71 bits per heavy atom. The first-order valence-corrected chi connectivity index (χ1v) is 5.00. The van der Waals surface area contributed by atoms with E-state index in [4.69, 9.17) is 9.47 Å². The molecule has 0 amide bonds. The van der Waals surface area contributed by atoms with Gasteiger partial charge in [0.2, 0.25) is 0 Å². The molecule has 3 nitrogen and oxygen atoms in total. The van der Waals surface area contributed by atoms with E-state index in [1.807, 2.05) is 24.3 Å². The van der Waals surface area contributed by atoms with Gasteiger partial charge in [-0.15, -0.1) is 0 Å². The number of halogens is 1. The molecule has 14 heavy (non-hydrogen) atoms. The van der Waals surface area contributed by atoms with Gasteiger partial charge in [0.15, 0.2) is 0 Å². The van der Waals surface area contributed by atoms with Gasteiger partial charge in [-0.1, -0.05) is 12.1 Å². The van der Waals surface area contributed by atoms with Crippen molar-refractivity contribution in [3.05, 3.63) is 28.7 Å². The minimum absolute atomic E-state index is 0.274. The van der Waals surface area contributed by atoms with Crippen molar-refractivity contribution in [2.75, 3.05) is 13.2 Å². The maximum atomic E-state index is 10.4. The Balaban J connectivity index is 2.31. The number of hydrogen-bond acceptors (Lipinski definition) is 3. The van der Waals surface area contributed by atoms with E-state index in [-0.39, 0.29) is 12.6 Å². The van der Waals surface area contributed by atoms with E-state index in [0.29, 0.717) is 6.61 Å². The van der Waals surface area contributed by atoms with Crippen molar-refractivity contribution in [3.63, 3.8) is 0 Å². The number of hydrogen-bond donors (Lipinski definition) is 0. The number of ether oxygens (including phenoxy) is 2. The van der Waals surface area contributed by atoms with Crippen LogP contribution in [0.1, 0.15) is 6.92 Å². The molecule has 0 fully saturated rings. The average Bonchev–Trinajstić information content (AvgIpc) is 2.15. The van der Waals surface area contributed by atoms with Crippen molar-refractivity contribution in [1.82, 2.24) is 0 Å². The molecule has 0 atom stereocenters. The van der Waals surface area contributed by atoms with E-state index in [1.165, 1.54) is 6.92 Å². The highest BCUT2D eigenvalue weighted by atomic mass is 79.9. The second kappa shape index (κ2) is 5.65. The minimum atomic E-state index is -0.291. The maximum Gasteiger partial charge on any atom is 0.302 e. The first-order valence-electron chi connectivity index (χ1n) is 4.21. The summed E-state index contributed by atoms with van der Waals surface area (Å²) < 4.78 is 11.0. The molecule has 0 aromatic heterocycles. The van der Waals surface area contributed by atoms with Crippen LogP contribution in [0, 0.1) is 0 Å². The molecule has 0 heterocycles. The largest absolute Gasteiger partial charge is 0.489 e. The van der Waals surface area contributed by atoms with E-state index in [9.17, 15) is 4.79 Å². The molecule has 1 rings (SSSR count). The average molecular weight is 259 g/mol. The van der Waals surface area contributed by atoms with E-state index in [1.54, 1.807) is 0 Å². The molecule has 0 N–H and O–H groups in total. The van der Waals surface area contributed by atoms with Gasteiger partial charge in [0.05, 0.1) is 4.47 Å². The van der Waals surface area contributed by atoms with Crippen LogP contribution in [-0.2, 0) is 9.53 Å². The second-order valence-corrected chi connectivity index (χ2v) is 3.47. The van der Waals surface area contributed by atoms with Crippen LogP contribution in [0.4, 0.5) is 0 Å². The zero-order valence-electron chi connectivity index (χ0n) is 7.83. The van der Waals surface area contributed by atoms with Gasteiger partial charge in [0.25, 0.3) is 0 Å². The third kappa shape index (κ3) is 3.79. The van der Waals surface area contributed by atoms with E-state index in [2.05, 4.69) is 15.9 Å². The molecule has 1 aromatic rings. The van der Waals surface area contributed by atoms with Gasteiger partial charge in [0.1, 0.15) is 19.0 Å². The molecule has 0 bridgehead atoms. The second-order valence-electron chi connectivity index (χ2n) is 2.62. The van der Waals surface area contributed by atoms with Crippen LogP contribution in [0.15, 0.2) is 28.7 Å². The molecule has 4 heteroatoms. The first-order chi connectivity index (χ1) is 6.70. The first kappa shape index (κ1) is 11.0. The van der Waals surface area contributed by atoms with Gasteiger partial charge < -0.3 is 9.47 Å². The Morgan fingerprint density at radius 1 is 1.36 bits per heavy atom. The number of esters is 1. The molecule has 0 aliphatic carbocycles. The molecular weight excluding hydrogens is 248 g/mol. The number of carbonyl (C=O) groups excluding carboxylic acids is 1. The summed E-state index contributed by atoms with van der Waals surface area (Å²) in [4.78, 5) is 10.4. The molecule has 76 valence electrons. The van der Waals surface area contributed by atoms with Gasteiger partial charge >= 0.3 is 5.97 Å². The van der Waals surface area contributed by atoms with Crippen LogP contribution < -0.4 is 4.74 Å². The normalized spacial score (nSPS) is 9.57. The van der Waals surface area contributed by atoms with Gasteiger partial charge in [-0.25, -0.2) is 0 Å². The highest BCUT2D eigenvalue weighted by Crippen LogP contribution is 2.23. The fourth-order valence-electron chi connectivity index (χ4n) is 0.899. The Morgan fingerprint density at radius 2 is 2.07 bits per heavy atom. The summed E-state index contributed by atoms with van der Waals surface area (Å²) in [5.41, 5.74) is 0. The van der Waals surface area contributed by atoms with Crippen LogP contribution in [0.2, 0.25) is 0 Å². The van der Waals surface area contributed by atoms with Crippen LogP contribution in [0.5, 0.6) is 5.75 Å². The summed E-state index contributed by atoms with van der Waals surface area (Å²) >= 11 is 3.34. The van der Waals surface area contributed by atoms with Gasteiger partial charge in [-0.05, 0) is 28.1 Å². The third-order valence-electron chi connectivity index (χ3n) is 1.48. The van der Waals surface area contributed by atoms with Crippen molar-refractivity contribution < 1.29 is 14.3 Å². The third-order valence-corrected chi connectivity index (χ3v) is 2.14. The molecule has 0 aliphatic rings. The van der Waals surface area contributed by atoms with Gasteiger partial charge in [-0.3, -0.25) is 4.79 Å². The number of benzene rings is 1. The van der Waals surface area contributed by atoms with Crippen LogP contribution in [0.3, 0.4) is 0 Å². The summed E-state index contributed by atoms with van der Waals surface area (Å²) in [6.07, 6.45) is 0. The van der Waals surface area contributed by atoms with E-state index >= 15 is 0 Å². The molecule has 0 saturated heterocycles. The highest BCUT2D eigenvalue weighted by molar-refractivity contribution is 9.10. The number of carbonyl (C=O) groups is 1. The lowest BCUT2D eigenvalue weighted by Crippen LogP contribution is -2.09. The Hall–Kier alpha value is -1.03. The summed E-state index contributed by atoms with van der Waals surface area (Å²) in [5, 5.41) is 0. The quantitative estimate of drug-likeness (QED) is 0.615. The number of para-hydroxylation sites is 1. The topological polar surface area (TPSA) is 35.5 Å². The van der Waals surface area contributed by atoms with Gasteiger partial charge in [-0.2, -0.15) is 0 Å². The molecular formula is C10H11BrO3. The number of rotatable bonds is 4. The lowest BCUT2D eigenvalue weighted by atomic mass is 10.3. The molecule has 0 saturated carbocycles. The van der Waals surface area contributed by atoms with Crippen molar-refractivity contribution in [2.24, 2.45) is 0 Å². The van der Waals surface area contributed by atoms with Crippen molar-refractivity contribution in [1.29, 1.82) is 0 Å². The zero-order valence-corrected chi connectivity index (χ0v) is 9.41. The van der Waals surface area contributed by atoms with Crippen molar-refractivity contribution in [2.45, 2.75) is 6.92 Å². The minimum Gasteiger partial charge on any atom is -0.489 e. The summed E-state index contributed by atoms with van der Waals surface area (Å²) in [6, 6.07) is 7.52. The Bertz CT molecular complexity index is 312. The lowest BCUT2D eigenvalue weighted by Gasteiger charge is -2.07. The molecule has 0 unspecified atom stereocenters. The molecule has 0 aliphatic heterocycles. The van der Waals surface area contributed by atoms with E-state index in [0.717, 1.165) is 10.2 Å². The summed E-state index contributed by atoms with van der Waals surface area (Å²) in [7, 11) is 0. The Labute approximate surface area is 91.1 Å². The predicted molar refractivity (Wildman–Crippen MR) is 56.3 cm³/mol. The lowest BCUT2D eigenvalue weighted by molar-refractivity contribution is -0.141. The fourth-order valence-corrected chi connectivity index (χ4v) is 1.30. The highest BCUT2D eigenvalue weighted by Gasteiger charge is 1.99.